The van der Waals surface area contributed by atoms with Crippen molar-refractivity contribution in [2.45, 2.75) is 56.9 Å². The van der Waals surface area contributed by atoms with Crippen molar-refractivity contribution in [2.75, 3.05) is 0 Å². The molecule has 0 saturated heterocycles. The quantitative estimate of drug-likeness (QED) is 0.753. The van der Waals surface area contributed by atoms with E-state index in [9.17, 15) is 9.59 Å². The van der Waals surface area contributed by atoms with Crippen molar-refractivity contribution in [3.8, 4) is 0 Å². The molecule has 0 aromatic rings. The number of hydrogen-bond acceptors (Lipinski definition) is 2. The van der Waals surface area contributed by atoms with Gasteiger partial charge in [0.2, 0.25) is 5.91 Å². The fraction of sp³-hybridized carbons (Fsp3) is 0.714. The van der Waals surface area contributed by atoms with Crippen molar-refractivity contribution in [1.82, 2.24) is 5.32 Å². The number of carbonyl (C=O) groups is 2. The molecule has 2 rings (SSSR count). The van der Waals surface area contributed by atoms with E-state index >= 15 is 0 Å². The molecule has 2 N–H and O–H groups in total. The molecule has 4 nitrogen and oxygen atoms in total. The summed E-state index contributed by atoms with van der Waals surface area (Å²) in [6.45, 7) is 0. The first kappa shape index (κ1) is 13.1. The molecule has 0 atom stereocenters. The van der Waals surface area contributed by atoms with Gasteiger partial charge in [-0.3, -0.25) is 9.59 Å². The molecule has 2 aliphatic rings. The van der Waals surface area contributed by atoms with Gasteiger partial charge in [0.25, 0.3) is 0 Å². The Labute approximate surface area is 107 Å². The van der Waals surface area contributed by atoms with Crippen LogP contribution in [0.25, 0.3) is 0 Å². The minimum atomic E-state index is -0.818. The lowest BCUT2D eigenvalue weighted by atomic mass is 9.79. The normalized spacial score (nSPS) is 22.9. The van der Waals surface area contributed by atoms with Crippen LogP contribution >= 0.6 is 0 Å². The Morgan fingerprint density at radius 1 is 1.17 bits per heavy atom. The molecule has 0 aromatic heterocycles. The highest BCUT2D eigenvalue weighted by Gasteiger charge is 2.37. The summed E-state index contributed by atoms with van der Waals surface area (Å²) >= 11 is 0. The molecule has 0 spiro atoms. The van der Waals surface area contributed by atoms with Gasteiger partial charge in [-0.1, -0.05) is 31.4 Å². The van der Waals surface area contributed by atoms with Crippen LogP contribution < -0.4 is 5.32 Å². The van der Waals surface area contributed by atoms with Crippen LogP contribution in [0.2, 0.25) is 0 Å². The average molecular weight is 251 g/mol. The van der Waals surface area contributed by atoms with E-state index in [0.29, 0.717) is 0 Å². The molecule has 1 amide bonds. The maximum Gasteiger partial charge on any atom is 0.305 e. The number of carbonyl (C=O) groups excluding carboxylic acids is 1. The second-order valence-corrected chi connectivity index (χ2v) is 5.54. The summed E-state index contributed by atoms with van der Waals surface area (Å²) in [6, 6.07) is 0. The van der Waals surface area contributed by atoms with Gasteiger partial charge in [0.1, 0.15) is 0 Å². The smallest absolute Gasteiger partial charge is 0.305 e. The fourth-order valence-corrected chi connectivity index (χ4v) is 3.06. The zero-order chi connectivity index (χ0) is 13.0. The van der Waals surface area contributed by atoms with Crippen LogP contribution in [0.3, 0.4) is 0 Å². The van der Waals surface area contributed by atoms with Gasteiger partial charge in [0.05, 0.1) is 12.0 Å². The number of aliphatic carboxylic acids is 1. The predicted molar refractivity (Wildman–Crippen MR) is 68.1 cm³/mol. The fourth-order valence-electron chi connectivity index (χ4n) is 3.06. The Bertz CT molecular complexity index is 348. The third kappa shape index (κ3) is 3.12. The standard InChI is InChI=1S/C14H21NO3/c16-12(17)10-14(8-4-1-5-9-14)15-13(18)11-6-2-3-7-11/h2-3,11H,1,4-10H2,(H,15,18)(H,16,17). The summed E-state index contributed by atoms with van der Waals surface area (Å²) in [5.41, 5.74) is -0.496. The van der Waals surface area contributed by atoms with Gasteiger partial charge in [0.15, 0.2) is 0 Å². The van der Waals surface area contributed by atoms with Crippen LogP contribution in [0.1, 0.15) is 51.4 Å². The minimum Gasteiger partial charge on any atom is -0.481 e. The second-order valence-electron chi connectivity index (χ2n) is 5.54. The molecule has 0 heterocycles. The molecule has 0 radical (unpaired) electrons. The first-order valence-electron chi connectivity index (χ1n) is 6.80. The van der Waals surface area contributed by atoms with Gasteiger partial charge in [-0.2, -0.15) is 0 Å². The van der Waals surface area contributed by atoms with E-state index in [0.717, 1.165) is 44.9 Å². The van der Waals surface area contributed by atoms with Crippen LogP contribution in [0.15, 0.2) is 12.2 Å². The summed E-state index contributed by atoms with van der Waals surface area (Å²) in [6.07, 6.45) is 10.4. The average Bonchev–Trinajstić information content (AvgIpc) is 2.82. The number of allylic oxidation sites excluding steroid dienone is 2. The van der Waals surface area contributed by atoms with E-state index in [4.69, 9.17) is 5.11 Å². The summed E-state index contributed by atoms with van der Waals surface area (Å²) in [5, 5.41) is 12.1. The highest BCUT2D eigenvalue weighted by Crippen LogP contribution is 2.32. The summed E-state index contributed by atoms with van der Waals surface area (Å²) < 4.78 is 0. The zero-order valence-electron chi connectivity index (χ0n) is 10.7. The Balaban J connectivity index is 1.99. The Morgan fingerprint density at radius 2 is 1.78 bits per heavy atom. The van der Waals surface area contributed by atoms with E-state index in [1.807, 2.05) is 12.2 Å². The van der Waals surface area contributed by atoms with Crippen molar-refractivity contribution in [3.63, 3.8) is 0 Å². The molecule has 1 fully saturated rings. The molecular weight excluding hydrogens is 230 g/mol. The lowest BCUT2D eigenvalue weighted by Gasteiger charge is -2.37. The highest BCUT2D eigenvalue weighted by molar-refractivity contribution is 5.81. The molecule has 1 saturated carbocycles. The lowest BCUT2D eigenvalue weighted by Crippen LogP contribution is -2.52. The Hall–Kier alpha value is -1.32. The van der Waals surface area contributed by atoms with E-state index in [1.165, 1.54) is 0 Å². The number of amides is 1. The van der Waals surface area contributed by atoms with Gasteiger partial charge in [-0.25, -0.2) is 0 Å². The minimum absolute atomic E-state index is 0.0117. The Morgan fingerprint density at radius 3 is 2.33 bits per heavy atom. The predicted octanol–water partition coefficient (Wildman–Crippen LogP) is 2.25. The van der Waals surface area contributed by atoms with Gasteiger partial charge in [-0.15, -0.1) is 0 Å². The maximum atomic E-state index is 12.2. The van der Waals surface area contributed by atoms with E-state index in [-0.39, 0.29) is 18.2 Å². The lowest BCUT2D eigenvalue weighted by molar-refractivity contribution is -0.140. The highest BCUT2D eigenvalue weighted by atomic mass is 16.4. The number of hydrogen-bond donors (Lipinski definition) is 2. The van der Waals surface area contributed by atoms with Crippen LogP contribution in [-0.4, -0.2) is 22.5 Å². The summed E-state index contributed by atoms with van der Waals surface area (Å²) in [7, 11) is 0. The topological polar surface area (TPSA) is 66.4 Å². The first-order chi connectivity index (χ1) is 8.61. The Kier molecular flexibility index (Phi) is 4.04. The molecule has 18 heavy (non-hydrogen) atoms. The van der Waals surface area contributed by atoms with E-state index < -0.39 is 11.5 Å². The number of nitrogens with one attached hydrogen (secondary N) is 1. The number of rotatable bonds is 4. The van der Waals surface area contributed by atoms with Crippen molar-refractivity contribution in [1.29, 1.82) is 0 Å². The van der Waals surface area contributed by atoms with Crippen LogP contribution in [0.5, 0.6) is 0 Å². The van der Waals surface area contributed by atoms with Gasteiger partial charge in [0, 0.05) is 5.92 Å². The van der Waals surface area contributed by atoms with E-state index in [2.05, 4.69) is 5.32 Å². The molecule has 0 aromatic carbocycles. The molecule has 100 valence electrons. The van der Waals surface area contributed by atoms with Crippen LogP contribution in [0.4, 0.5) is 0 Å². The molecule has 0 bridgehead atoms. The molecule has 0 aliphatic heterocycles. The molecule has 2 aliphatic carbocycles. The molecule has 4 heteroatoms. The van der Waals surface area contributed by atoms with Crippen molar-refractivity contribution in [2.24, 2.45) is 5.92 Å². The molecule has 0 unspecified atom stereocenters. The summed E-state index contributed by atoms with van der Waals surface area (Å²) in [5.74, 6) is -0.775. The van der Waals surface area contributed by atoms with Crippen LogP contribution in [-0.2, 0) is 9.59 Å². The van der Waals surface area contributed by atoms with Crippen LogP contribution in [0, 0.1) is 5.92 Å². The van der Waals surface area contributed by atoms with Crippen molar-refractivity contribution >= 4 is 11.9 Å². The van der Waals surface area contributed by atoms with Gasteiger partial charge in [-0.05, 0) is 25.7 Å². The molecular formula is C14H21NO3. The van der Waals surface area contributed by atoms with Crippen molar-refractivity contribution < 1.29 is 14.7 Å². The third-order valence-electron chi connectivity index (χ3n) is 4.07. The van der Waals surface area contributed by atoms with Crippen molar-refractivity contribution in [3.05, 3.63) is 12.2 Å². The first-order valence-corrected chi connectivity index (χ1v) is 6.80. The summed E-state index contributed by atoms with van der Waals surface area (Å²) in [4.78, 5) is 23.2. The van der Waals surface area contributed by atoms with Gasteiger partial charge >= 0.3 is 5.97 Å². The SMILES string of the molecule is O=C(O)CC1(NC(=O)C2CC=CC2)CCCCC1. The zero-order valence-corrected chi connectivity index (χ0v) is 10.7. The largest absolute Gasteiger partial charge is 0.481 e. The van der Waals surface area contributed by atoms with Gasteiger partial charge < -0.3 is 10.4 Å². The monoisotopic (exact) mass is 251 g/mol. The van der Waals surface area contributed by atoms with E-state index in [1.54, 1.807) is 0 Å². The maximum absolute atomic E-state index is 12.2. The number of carboxylic acid groups (broad SMARTS) is 1. The second kappa shape index (κ2) is 5.55. The third-order valence-corrected chi connectivity index (χ3v) is 4.07. The number of carboxylic acids is 1.